The van der Waals surface area contributed by atoms with E-state index in [2.05, 4.69) is 35.4 Å². The third kappa shape index (κ3) is 3.20. The predicted molar refractivity (Wildman–Crippen MR) is 67.9 cm³/mol. The predicted octanol–water partition coefficient (Wildman–Crippen LogP) is 1.12. The van der Waals surface area contributed by atoms with Crippen LogP contribution < -0.4 is 5.32 Å². The van der Waals surface area contributed by atoms with Gasteiger partial charge >= 0.3 is 0 Å². The van der Waals surface area contributed by atoms with E-state index in [1.54, 1.807) is 0 Å². The van der Waals surface area contributed by atoms with E-state index in [0.29, 0.717) is 6.04 Å². The number of halogens is 1. The average molecular weight is 245 g/mol. The lowest BCUT2D eigenvalue weighted by molar-refractivity contribution is 0.165. The Hall–Kier alpha value is -0.580. The van der Waals surface area contributed by atoms with Crippen molar-refractivity contribution in [2.45, 2.75) is 33.0 Å². The molecule has 1 saturated heterocycles. The van der Waals surface area contributed by atoms with Crippen molar-refractivity contribution in [3.63, 3.8) is 0 Å². The molecule has 0 unspecified atom stereocenters. The molecule has 2 rings (SSSR count). The van der Waals surface area contributed by atoms with E-state index in [1.807, 2.05) is 10.9 Å². The van der Waals surface area contributed by atoms with Gasteiger partial charge in [-0.3, -0.25) is 9.58 Å². The van der Waals surface area contributed by atoms with Crippen LogP contribution in [0.15, 0.2) is 12.4 Å². The summed E-state index contributed by atoms with van der Waals surface area (Å²) in [6.07, 6.45) is 4.13. The van der Waals surface area contributed by atoms with Crippen molar-refractivity contribution in [2.24, 2.45) is 0 Å². The van der Waals surface area contributed by atoms with Crippen LogP contribution in [0.25, 0.3) is 0 Å². The molecule has 0 radical (unpaired) electrons. The van der Waals surface area contributed by atoms with E-state index in [-0.39, 0.29) is 12.4 Å². The zero-order valence-electron chi connectivity index (χ0n) is 10.0. The minimum atomic E-state index is 0. The molecule has 0 aliphatic carbocycles. The first-order valence-corrected chi connectivity index (χ1v) is 5.75. The molecule has 0 aromatic carbocycles. The van der Waals surface area contributed by atoms with Gasteiger partial charge in [-0.05, 0) is 13.8 Å². The van der Waals surface area contributed by atoms with Crippen molar-refractivity contribution < 1.29 is 0 Å². The fourth-order valence-corrected chi connectivity index (χ4v) is 2.01. The Labute approximate surface area is 103 Å². The SMILES string of the molecule is CCn1cc(CN2CCNC[C@H]2C)cn1.Cl. The fraction of sp³-hybridized carbons (Fsp3) is 0.727. The van der Waals surface area contributed by atoms with Crippen molar-refractivity contribution >= 4 is 12.4 Å². The smallest absolute Gasteiger partial charge is 0.0534 e. The molecule has 4 nitrogen and oxygen atoms in total. The Kier molecular flexibility index (Phi) is 5.25. The highest BCUT2D eigenvalue weighted by Crippen LogP contribution is 2.09. The van der Waals surface area contributed by atoms with Gasteiger partial charge in [0.2, 0.25) is 0 Å². The van der Waals surface area contributed by atoms with Crippen molar-refractivity contribution in [2.75, 3.05) is 19.6 Å². The molecule has 2 heterocycles. The Bertz CT molecular complexity index is 313. The Morgan fingerprint density at radius 3 is 3.00 bits per heavy atom. The maximum absolute atomic E-state index is 4.30. The summed E-state index contributed by atoms with van der Waals surface area (Å²) in [5.74, 6) is 0. The summed E-state index contributed by atoms with van der Waals surface area (Å²) in [7, 11) is 0. The first-order valence-electron chi connectivity index (χ1n) is 5.75. The van der Waals surface area contributed by atoms with E-state index in [0.717, 1.165) is 32.7 Å². The molecule has 1 aliphatic rings. The standard InChI is InChI=1S/C11H20N4.ClH/c1-3-15-9-11(7-13-15)8-14-5-4-12-6-10(14)2;/h7,9-10,12H,3-6,8H2,1-2H3;1H/t10-;/m1./s1. The molecule has 5 heteroatoms. The zero-order valence-corrected chi connectivity index (χ0v) is 10.8. The molecule has 92 valence electrons. The summed E-state index contributed by atoms with van der Waals surface area (Å²) in [5, 5.41) is 7.70. The number of aryl methyl sites for hydroxylation is 1. The van der Waals surface area contributed by atoms with Crippen LogP contribution in [-0.2, 0) is 13.1 Å². The number of piperazine rings is 1. The van der Waals surface area contributed by atoms with Crippen molar-refractivity contribution in [3.05, 3.63) is 18.0 Å². The van der Waals surface area contributed by atoms with Gasteiger partial charge in [-0.2, -0.15) is 5.10 Å². The maximum Gasteiger partial charge on any atom is 0.0534 e. The molecular weight excluding hydrogens is 224 g/mol. The van der Waals surface area contributed by atoms with Crippen LogP contribution in [0.4, 0.5) is 0 Å². The maximum atomic E-state index is 4.30. The summed E-state index contributed by atoms with van der Waals surface area (Å²) in [4.78, 5) is 2.51. The largest absolute Gasteiger partial charge is 0.314 e. The molecule has 1 N–H and O–H groups in total. The summed E-state index contributed by atoms with van der Waals surface area (Å²) < 4.78 is 1.99. The van der Waals surface area contributed by atoms with Crippen LogP contribution >= 0.6 is 12.4 Å². The average Bonchev–Trinajstić information content (AvgIpc) is 2.69. The summed E-state index contributed by atoms with van der Waals surface area (Å²) in [6.45, 7) is 9.72. The molecule has 1 aliphatic heterocycles. The van der Waals surface area contributed by atoms with E-state index >= 15 is 0 Å². The van der Waals surface area contributed by atoms with Gasteiger partial charge in [0, 0.05) is 50.5 Å². The second-order valence-electron chi connectivity index (χ2n) is 4.23. The van der Waals surface area contributed by atoms with Gasteiger partial charge in [0.05, 0.1) is 6.20 Å². The fourth-order valence-electron chi connectivity index (χ4n) is 2.01. The van der Waals surface area contributed by atoms with Crippen LogP contribution in [0, 0.1) is 0 Å². The molecule has 0 amide bonds. The van der Waals surface area contributed by atoms with Crippen molar-refractivity contribution in [1.82, 2.24) is 20.0 Å². The monoisotopic (exact) mass is 244 g/mol. The summed E-state index contributed by atoms with van der Waals surface area (Å²) in [6, 6.07) is 0.628. The molecular formula is C11H21ClN4. The van der Waals surface area contributed by atoms with Crippen molar-refractivity contribution in [1.29, 1.82) is 0 Å². The molecule has 0 saturated carbocycles. The lowest BCUT2D eigenvalue weighted by atomic mass is 10.2. The summed E-state index contributed by atoms with van der Waals surface area (Å²) >= 11 is 0. The second kappa shape index (κ2) is 6.23. The van der Waals surface area contributed by atoms with Crippen LogP contribution in [0.5, 0.6) is 0 Å². The number of hydrogen-bond acceptors (Lipinski definition) is 3. The van der Waals surface area contributed by atoms with E-state index in [9.17, 15) is 0 Å². The number of nitrogens with zero attached hydrogens (tertiary/aromatic N) is 3. The second-order valence-corrected chi connectivity index (χ2v) is 4.23. The van der Waals surface area contributed by atoms with Crippen LogP contribution in [-0.4, -0.2) is 40.4 Å². The van der Waals surface area contributed by atoms with Gasteiger partial charge < -0.3 is 5.32 Å². The first kappa shape index (κ1) is 13.5. The highest BCUT2D eigenvalue weighted by atomic mass is 35.5. The summed E-state index contributed by atoms with van der Waals surface area (Å²) in [5.41, 5.74) is 1.32. The number of nitrogens with one attached hydrogen (secondary N) is 1. The lowest BCUT2D eigenvalue weighted by Crippen LogP contribution is -2.49. The molecule has 1 fully saturated rings. The minimum absolute atomic E-state index is 0. The van der Waals surface area contributed by atoms with Gasteiger partial charge in [-0.25, -0.2) is 0 Å². The van der Waals surface area contributed by atoms with E-state index < -0.39 is 0 Å². The Morgan fingerprint density at radius 2 is 2.38 bits per heavy atom. The van der Waals surface area contributed by atoms with Crippen molar-refractivity contribution in [3.8, 4) is 0 Å². The zero-order chi connectivity index (χ0) is 10.7. The topological polar surface area (TPSA) is 33.1 Å². The van der Waals surface area contributed by atoms with E-state index in [1.165, 1.54) is 5.56 Å². The number of rotatable bonds is 3. The lowest BCUT2D eigenvalue weighted by Gasteiger charge is -2.33. The van der Waals surface area contributed by atoms with Crippen LogP contribution in [0.2, 0.25) is 0 Å². The van der Waals surface area contributed by atoms with Crippen LogP contribution in [0.1, 0.15) is 19.4 Å². The third-order valence-corrected chi connectivity index (χ3v) is 3.04. The van der Waals surface area contributed by atoms with Gasteiger partial charge in [0.25, 0.3) is 0 Å². The molecule has 16 heavy (non-hydrogen) atoms. The van der Waals surface area contributed by atoms with Gasteiger partial charge in [-0.1, -0.05) is 0 Å². The highest BCUT2D eigenvalue weighted by Gasteiger charge is 2.17. The molecule has 1 aromatic rings. The molecule has 0 spiro atoms. The van der Waals surface area contributed by atoms with Gasteiger partial charge in [0.1, 0.15) is 0 Å². The number of aromatic nitrogens is 2. The van der Waals surface area contributed by atoms with Gasteiger partial charge in [0.15, 0.2) is 0 Å². The Morgan fingerprint density at radius 1 is 1.56 bits per heavy atom. The third-order valence-electron chi connectivity index (χ3n) is 3.04. The number of hydrogen-bond donors (Lipinski definition) is 1. The minimum Gasteiger partial charge on any atom is -0.314 e. The quantitative estimate of drug-likeness (QED) is 0.865. The molecule has 1 atom stereocenters. The Balaban J connectivity index is 0.00000128. The van der Waals surface area contributed by atoms with Gasteiger partial charge in [-0.15, -0.1) is 12.4 Å². The first-order chi connectivity index (χ1) is 7.29. The molecule has 0 bridgehead atoms. The molecule has 1 aromatic heterocycles. The van der Waals surface area contributed by atoms with Crippen LogP contribution in [0.3, 0.4) is 0 Å². The highest BCUT2D eigenvalue weighted by molar-refractivity contribution is 5.85. The van der Waals surface area contributed by atoms with E-state index in [4.69, 9.17) is 0 Å². The normalized spacial score (nSPS) is 21.8.